The van der Waals surface area contributed by atoms with Crippen LogP contribution in [0.3, 0.4) is 0 Å². The fourth-order valence-electron chi connectivity index (χ4n) is 0. The van der Waals surface area contributed by atoms with E-state index in [1.54, 1.807) is 0 Å². The smallest absolute Gasteiger partial charge is 1.00 e. The van der Waals surface area contributed by atoms with E-state index in [4.69, 9.17) is 0 Å². The minimum Gasteiger partial charge on any atom is -1.00 e. The maximum Gasteiger partial charge on any atom is 3.00 e. The van der Waals surface area contributed by atoms with Crippen LogP contribution >= 0.6 is 0 Å². The van der Waals surface area contributed by atoms with E-state index in [1.165, 1.54) is 0 Å². The minimum atomic E-state index is 0. The van der Waals surface area contributed by atoms with E-state index in [0.29, 0.717) is 0 Å². The number of hydrogen-bond acceptors (Lipinski definition) is 0. The SMILES string of the molecule is [Cl-].[Cl-].[Cl-].[Cl-].[Fe+3].[K+]. The Morgan fingerprint density at radius 2 is 0.500 bits per heavy atom. The number of hydrogen-bond donors (Lipinski definition) is 0. The van der Waals surface area contributed by atoms with Gasteiger partial charge in [0.15, 0.2) is 0 Å². The Morgan fingerprint density at radius 3 is 0.500 bits per heavy atom. The largest absolute Gasteiger partial charge is 3.00 e. The Bertz CT molecular complexity index is 7.51. The summed E-state index contributed by atoms with van der Waals surface area (Å²) in [7, 11) is 0. The van der Waals surface area contributed by atoms with Crippen LogP contribution in [0.25, 0.3) is 0 Å². The average molecular weight is 237 g/mol. The van der Waals surface area contributed by atoms with Gasteiger partial charge in [-0.3, -0.25) is 0 Å². The summed E-state index contributed by atoms with van der Waals surface area (Å²) in [4.78, 5) is 0. The number of halogens is 4. The Balaban J connectivity index is 0. The topological polar surface area (TPSA) is 0 Å². The van der Waals surface area contributed by atoms with Crippen LogP contribution in [-0.4, -0.2) is 0 Å². The molecule has 0 N–H and O–H groups in total. The normalized spacial score (nSPS) is 0. The molecule has 0 aromatic carbocycles. The van der Waals surface area contributed by atoms with E-state index in [0.717, 1.165) is 0 Å². The second kappa shape index (κ2) is 40.5. The Kier molecular flexibility index (Phi) is 395. The van der Waals surface area contributed by atoms with Crippen molar-refractivity contribution in [3.8, 4) is 0 Å². The summed E-state index contributed by atoms with van der Waals surface area (Å²) < 4.78 is 0. The summed E-state index contributed by atoms with van der Waals surface area (Å²) in [6.45, 7) is 0. The molecule has 0 amide bonds. The molecule has 0 atom stereocenters. The van der Waals surface area contributed by atoms with E-state index in [1.807, 2.05) is 0 Å². The van der Waals surface area contributed by atoms with E-state index in [-0.39, 0.29) is 118 Å². The summed E-state index contributed by atoms with van der Waals surface area (Å²) in [5, 5.41) is 0. The molecule has 0 aliphatic carbocycles. The van der Waals surface area contributed by atoms with Gasteiger partial charge in [-0.05, 0) is 0 Å². The van der Waals surface area contributed by atoms with Crippen LogP contribution in [0, 0.1) is 0 Å². The molecule has 0 nitrogen and oxygen atoms in total. The fourth-order valence-corrected chi connectivity index (χ4v) is 0. The first kappa shape index (κ1) is 58.6. The molecule has 0 saturated heterocycles. The molecular formula is Cl4FeK. The van der Waals surface area contributed by atoms with Gasteiger partial charge in [0.2, 0.25) is 0 Å². The van der Waals surface area contributed by atoms with Crippen molar-refractivity contribution >= 4 is 0 Å². The van der Waals surface area contributed by atoms with Crippen LogP contribution in [-0.2, 0) is 17.1 Å². The quantitative estimate of drug-likeness (QED) is 0.367. The first-order chi connectivity index (χ1) is 0. The summed E-state index contributed by atoms with van der Waals surface area (Å²) in [6.07, 6.45) is 0. The van der Waals surface area contributed by atoms with E-state index in [9.17, 15) is 0 Å². The molecule has 0 heterocycles. The Labute approximate surface area is 115 Å². The van der Waals surface area contributed by atoms with Crippen molar-refractivity contribution in [1.82, 2.24) is 0 Å². The van der Waals surface area contributed by atoms with Crippen molar-refractivity contribution in [2.45, 2.75) is 0 Å². The maximum atomic E-state index is 0. The summed E-state index contributed by atoms with van der Waals surface area (Å²) >= 11 is 0. The Morgan fingerprint density at radius 1 is 0.500 bits per heavy atom. The second-order valence-electron chi connectivity index (χ2n) is 0. The molecule has 0 spiro atoms. The van der Waals surface area contributed by atoms with Gasteiger partial charge in [-0.15, -0.1) is 0 Å². The number of rotatable bonds is 0. The van der Waals surface area contributed by atoms with Gasteiger partial charge in [0, 0.05) is 0 Å². The molecule has 0 fully saturated rings. The molecule has 0 aliphatic heterocycles. The molecule has 0 aromatic heterocycles. The van der Waals surface area contributed by atoms with Crippen LogP contribution in [0.5, 0.6) is 0 Å². The van der Waals surface area contributed by atoms with Crippen molar-refractivity contribution < 1.29 is 118 Å². The molecule has 0 bridgehead atoms. The molecule has 37 valence electrons. The van der Waals surface area contributed by atoms with Crippen molar-refractivity contribution in [3.63, 3.8) is 0 Å². The van der Waals surface area contributed by atoms with E-state index < -0.39 is 0 Å². The molecule has 0 saturated carbocycles. The predicted molar refractivity (Wildman–Crippen MR) is 0 cm³/mol. The van der Waals surface area contributed by atoms with Crippen LogP contribution < -0.4 is 101 Å². The predicted octanol–water partition coefficient (Wildman–Crippen LogP) is -15.0. The zero-order valence-electron chi connectivity index (χ0n) is 2.87. The third-order valence-corrected chi connectivity index (χ3v) is 0. The summed E-state index contributed by atoms with van der Waals surface area (Å²) in [5.41, 5.74) is 0. The van der Waals surface area contributed by atoms with Crippen molar-refractivity contribution in [3.05, 3.63) is 0 Å². The van der Waals surface area contributed by atoms with Gasteiger partial charge in [0.1, 0.15) is 0 Å². The summed E-state index contributed by atoms with van der Waals surface area (Å²) in [5.74, 6) is 0. The molecule has 0 rings (SSSR count). The van der Waals surface area contributed by atoms with Gasteiger partial charge < -0.3 is 49.6 Å². The van der Waals surface area contributed by atoms with Gasteiger partial charge in [0.05, 0.1) is 0 Å². The molecule has 0 unspecified atom stereocenters. The first-order valence-corrected chi connectivity index (χ1v) is 0. The third kappa shape index (κ3) is 26.5. The van der Waals surface area contributed by atoms with Crippen molar-refractivity contribution in [2.24, 2.45) is 0 Å². The fraction of sp³-hybridized carbons (Fsp3) is 0. The molecule has 1 radical (unpaired) electrons. The van der Waals surface area contributed by atoms with Gasteiger partial charge in [-0.2, -0.15) is 0 Å². The Hall–Kier alpha value is 3.32. The molecule has 6 heavy (non-hydrogen) atoms. The van der Waals surface area contributed by atoms with Crippen LogP contribution in [0.2, 0.25) is 0 Å². The monoisotopic (exact) mass is 235 g/mol. The average Bonchev–Trinajstić information content (AvgIpc) is 0. The van der Waals surface area contributed by atoms with Crippen LogP contribution in [0.1, 0.15) is 0 Å². The van der Waals surface area contributed by atoms with Crippen molar-refractivity contribution in [1.29, 1.82) is 0 Å². The van der Waals surface area contributed by atoms with Crippen LogP contribution in [0.15, 0.2) is 0 Å². The summed E-state index contributed by atoms with van der Waals surface area (Å²) in [6, 6.07) is 0. The first-order valence-electron chi connectivity index (χ1n) is 0. The van der Waals surface area contributed by atoms with E-state index >= 15 is 0 Å². The van der Waals surface area contributed by atoms with Crippen LogP contribution in [0.4, 0.5) is 0 Å². The molecule has 6 heteroatoms. The maximum absolute atomic E-state index is 0. The van der Waals surface area contributed by atoms with Gasteiger partial charge in [0.25, 0.3) is 0 Å². The molecule has 0 aromatic rings. The zero-order valence-corrected chi connectivity index (χ0v) is 10.1. The van der Waals surface area contributed by atoms with Gasteiger partial charge >= 0.3 is 68.5 Å². The zero-order chi connectivity index (χ0) is 0. The van der Waals surface area contributed by atoms with E-state index in [2.05, 4.69) is 0 Å². The van der Waals surface area contributed by atoms with Gasteiger partial charge in [-0.1, -0.05) is 0 Å². The minimum absolute atomic E-state index is 0. The second-order valence-corrected chi connectivity index (χ2v) is 0. The standard InChI is InChI=1S/4ClH.Fe.K/h4*1H;;/q;;;;+3;+1/p-4. The van der Waals surface area contributed by atoms with Crippen molar-refractivity contribution in [2.75, 3.05) is 0 Å². The van der Waals surface area contributed by atoms with Gasteiger partial charge in [-0.25, -0.2) is 0 Å². The molecule has 0 aliphatic rings. The molecular weight excluding hydrogens is 237 g/mol. The third-order valence-electron chi connectivity index (χ3n) is 0.